The number of ether oxygens (including phenoxy) is 2. The van der Waals surface area contributed by atoms with Crippen molar-refractivity contribution >= 4 is 10.0 Å². The van der Waals surface area contributed by atoms with E-state index < -0.39 is 10.0 Å². The third-order valence-corrected chi connectivity index (χ3v) is 6.49. The van der Waals surface area contributed by atoms with Crippen LogP contribution in [0, 0.1) is 0 Å². The number of hydrogen-bond donors (Lipinski definition) is 0. The molecular weight excluding hydrogens is 366 g/mol. The number of nitrogens with zero attached hydrogens (tertiary/aromatic N) is 3. The Morgan fingerprint density at radius 3 is 2.48 bits per heavy atom. The summed E-state index contributed by atoms with van der Waals surface area (Å²) in [5, 5.41) is 0. The molecule has 0 radical (unpaired) electrons. The van der Waals surface area contributed by atoms with E-state index in [4.69, 9.17) is 9.47 Å². The molecular formula is C19H25N3O4S. The fraction of sp³-hybridized carbons (Fsp3) is 0.474. The minimum Gasteiger partial charge on any atom is -0.474 e. The highest BCUT2D eigenvalue weighted by Crippen LogP contribution is 2.24. The van der Waals surface area contributed by atoms with E-state index in [1.807, 2.05) is 12.1 Å². The van der Waals surface area contributed by atoms with Crippen LogP contribution < -0.4 is 9.47 Å². The molecule has 0 spiro atoms. The molecule has 1 aromatic carbocycles. The quantitative estimate of drug-likeness (QED) is 0.722. The summed E-state index contributed by atoms with van der Waals surface area (Å²) in [5.74, 6) is 0.440. The number of benzene rings is 1. The van der Waals surface area contributed by atoms with Gasteiger partial charge >= 0.3 is 6.01 Å². The van der Waals surface area contributed by atoms with E-state index in [0.29, 0.717) is 36.7 Å². The van der Waals surface area contributed by atoms with Gasteiger partial charge in [-0.1, -0.05) is 25.5 Å². The highest BCUT2D eigenvalue weighted by Gasteiger charge is 2.30. The maximum absolute atomic E-state index is 12.9. The lowest BCUT2D eigenvalue weighted by atomic mass is 10.1. The van der Waals surface area contributed by atoms with Crippen molar-refractivity contribution in [2.45, 2.75) is 43.6 Å². The molecule has 2 heterocycles. The first-order chi connectivity index (χ1) is 13.0. The summed E-state index contributed by atoms with van der Waals surface area (Å²) in [7, 11) is -1.97. The predicted molar refractivity (Wildman–Crippen MR) is 101 cm³/mol. The van der Waals surface area contributed by atoms with Gasteiger partial charge in [0.1, 0.15) is 6.10 Å². The van der Waals surface area contributed by atoms with Crippen LogP contribution in [0.25, 0.3) is 0 Å². The smallest absolute Gasteiger partial charge is 0.319 e. The van der Waals surface area contributed by atoms with E-state index in [1.54, 1.807) is 24.4 Å². The molecule has 27 heavy (non-hydrogen) atoms. The number of sulfonamides is 1. The van der Waals surface area contributed by atoms with Crippen molar-refractivity contribution in [3.63, 3.8) is 0 Å². The van der Waals surface area contributed by atoms with Gasteiger partial charge in [-0.05, 0) is 37.0 Å². The van der Waals surface area contributed by atoms with Crippen molar-refractivity contribution in [3.05, 3.63) is 42.1 Å². The number of aromatic nitrogens is 2. The maximum Gasteiger partial charge on any atom is 0.319 e. The number of piperidine rings is 1. The number of aryl methyl sites for hydroxylation is 1. The van der Waals surface area contributed by atoms with Crippen molar-refractivity contribution in [1.29, 1.82) is 0 Å². The lowest BCUT2D eigenvalue weighted by molar-refractivity contribution is 0.128. The van der Waals surface area contributed by atoms with Gasteiger partial charge in [-0.2, -0.15) is 9.29 Å². The zero-order chi connectivity index (χ0) is 19.3. The highest BCUT2D eigenvalue weighted by molar-refractivity contribution is 7.89. The second-order valence-electron chi connectivity index (χ2n) is 6.50. The topological polar surface area (TPSA) is 81.6 Å². The summed E-state index contributed by atoms with van der Waals surface area (Å²) in [5.41, 5.74) is 1.16. The van der Waals surface area contributed by atoms with E-state index in [9.17, 15) is 8.42 Å². The Labute approximate surface area is 160 Å². The zero-order valence-electron chi connectivity index (χ0n) is 15.7. The second-order valence-corrected chi connectivity index (χ2v) is 8.43. The predicted octanol–water partition coefficient (Wildman–Crippen LogP) is 2.67. The number of methoxy groups -OCH3 is 1. The van der Waals surface area contributed by atoms with Crippen molar-refractivity contribution in [2.24, 2.45) is 0 Å². The second kappa shape index (κ2) is 8.67. The van der Waals surface area contributed by atoms with E-state index in [1.165, 1.54) is 11.4 Å². The first-order valence-corrected chi connectivity index (χ1v) is 10.6. The summed E-state index contributed by atoms with van der Waals surface area (Å²) in [4.78, 5) is 8.43. The largest absolute Gasteiger partial charge is 0.474 e. The minimum absolute atomic E-state index is 0.0806. The lowest BCUT2D eigenvalue weighted by Gasteiger charge is -2.31. The third-order valence-electron chi connectivity index (χ3n) is 4.58. The first kappa shape index (κ1) is 19.6. The molecule has 1 aliphatic heterocycles. The highest BCUT2D eigenvalue weighted by atomic mass is 32.2. The Morgan fingerprint density at radius 1 is 1.15 bits per heavy atom. The van der Waals surface area contributed by atoms with Gasteiger partial charge < -0.3 is 9.47 Å². The Hall–Kier alpha value is -2.19. The maximum atomic E-state index is 12.9. The summed E-state index contributed by atoms with van der Waals surface area (Å²) in [6, 6.07) is 9.12. The van der Waals surface area contributed by atoms with Crippen LogP contribution in [0.4, 0.5) is 0 Å². The SMILES string of the molecule is CCCc1ccc(S(=O)(=O)N2CCC(Oc3ccnc(OC)n3)CC2)cc1. The van der Waals surface area contributed by atoms with Crippen molar-refractivity contribution in [2.75, 3.05) is 20.2 Å². The average Bonchev–Trinajstić information content (AvgIpc) is 2.69. The Kier molecular flexibility index (Phi) is 6.28. The zero-order valence-corrected chi connectivity index (χ0v) is 16.5. The van der Waals surface area contributed by atoms with Crippen LogP contribution in [-0.2, 0) is 16.4 Å². The fourth-order valence-electron chi connectivity index (χ4n) is 3.12. The van der Waals surface area contributed by atoms with Gasteiger partial charge in [0.25, 0.3) is 0 Å². The number of hydrogen-bond acceptors (Lipinski definition) is 6. The van der Waals surface area contributed by atoms with Gasteiger partial charge in [0.05, 0.1) is 12.0 Å². The monoisotopic (exact) mass is 391 g/mol. The first-order valence-electron chi connectivity index (χ1n) is 9.15. The molecule has 8 heteroatoms. The molecule has 0 amide bonds. The Balaban J connectivity index is 1.60. The van der Waals surface area contributed by atoms with Crippen LogP contribution in [0.1, 0.15) is 31.7 Å². The normalized spacial score (nSPS) is 16.2. The molecule has 0 saturated carbocycles. The molecule has 1 aliphatic rings. The molecule has 0 unspecified atom stereocenters. The van der Waals surface area contributed by atoms with Crippen LogP contribution in [0.2, 0.25) is 0 Å². The van der Waals surface area contributed by atoms with Gasteiger partial charge in [-0.3, -0.25) is 0 Å². The van der Waals surface area contributed by atoms with Crippen LogP contribution >= 0.6 is 0 Å². The van der Waals surface area contributed by atoms with Gasteiger partial charge in [-0.15, -0.1) is 0 Å². The molecule has 3 rings (SSSR count). The molecule has 0 aliphatic carbocycles. The standard InChI is InChI=1S/C19H25N3O4S/c1-3-4-15-5-7-17(8-6-15)27(23,24)22-13-10-16(11-14-22)26-18-9-12-20-19(21-18)25-2/h5-9,12,16H,3-4,10-11,13-14H2,1-2H3. The van der Waals surface area contributed by atoms with Gasteiger partial charge in [0.15, 0.2) is 0 Å². The van der Waals surface area contributed by atoms with Crippen LogP contribution in [0.3, 0.4) is 0 Å². The summed E-state index contributed by atoms with van der Waals surface area (Å²) >= 11 is 0. The van der Waals surface area contributed by atoms with Crippen LogP contribution in [0.15, 0.2) is 41.4 Å². The summed E-state index contributed by atoms with van der Waals surface area (Å²) < 4.78 is 38.1. The van der Waals surface area contributed by atoms with Gasteiger partial charge in [-0.25, -0.2) is 13.4 Å². The van der Waals surface area contributed by atoms with Crippen LogP contribution in [0.5, 0.6) is 11.9 Å². The third kappa shape index (κ3) is 4.75. The molecule has 0 atom stereocenters. The Morgan fingerprint density at radius 2 is 1.85 bits per heavy atom. The minimum atomic E-state index is -3.47. The molecule has 0 N–H and O–H groups in total. The van der Waals surface area contributed by atoms with E-state index in [-0.39, 0.29) is 12.1 Å². The van der Waals surface area contributed by atoms with Crippen molar-refractivity contribution < 1.29 is 17.9 Å². The van der Waals surface area contributed by atoms with E-state index in [2.05, 4.69) is 16.9 Å². The summed E-state index contributed by atoms with van der Waals surface area (Å²) in [6.07, 6.45) is 4.71. The number of rotatable bonds is 7. The average molecular weight is 391 g/mol. The molecule has 0 bridgehead atoms. The van der Waals surface area contributed by atoms with Gasteiger partial charge in [0.2, 0.25) is 15.9 Å². The van der Waals surface area contributed by atoms with E-state index >= 15 is 0 Å². The molecule has 1 saturated heterocycles. The summed E-state index contributed by atoms with van der Waals surface area (Å²) in [6.45, 7) is 2.95. The fourth-order valence-corrected chi connectivity index (χ4v) is 4.59. The molecule has 7 nitrogen and oxygen atoms in total. The van der Waals surface area contributed by atoms with Crippen LogP contribution in [-0.4, -0.2) is 49.0 Å². The Bertz CT molecular complexity index is 848. The molecule has 1 aromatic heterocycles. The van der Waals surface area contributed by atoms with Crippen molar-refractivity contribution in [1.82, 2.24) is 14.3 Å². The molecule has 1 fully saturated rings. The van der Waals surface area contributed by atoms with Gasteiger partial charge in [0, 0.05) is 25.4 Å². The molecule has 2 aromatic rings. The van der Waals surface area contributed by atoms with Crippen molar-refractivity contribution in [3.8, 4) is 11.9 Å². The van der Waals surface area contributed by atoms with E-state index in [0.717, 1.165) is 18.4 Å². The molecule has 146 valence electrons. The lowest BCUT2D eigenvalue weighted by Crippen LogP contribution is -2.41.